The highest BCUT2D eigenvalue weighted by Gasteiger charge is 2.30. The molecule has 105 heavy (non-hydrogen) atoms. The lowest BCUT2D eigenvalue weighted by Crippen LogP contribution is -2.10. The van der Waals surface area contributed by atoms with Crippen molar-refractivity contribution in [3.05, 3.63) is 317 Å². The first-order chi connectivity index (χ1) is 51.2. The third-order valence-corrected chi connectivity index (χ3v) is 18.1. The summed E-state index contributed by atoms with van der Waals surface area (Å²) in [6.07, 6.45) is 23.3. The molecule has 22 heteroatoms. The molecule has 5 aromatic heterocycles. The van der Waals surface area contributed by atoms with Gasteiger partial charge < -0.3 is 14.2 Å². The van der Waals surface area contributed by atoms with E-state index in [0.717, 1.165) is 105 Å². The van der Waals surface area contributed by atoms with Crippen molar-refractivity contribution in [3.63, 3.8) is 0 Å². The first-order valence-corrected chi connectivity index (χ1v) is 34.5. The second kappa shape index (κ2) is 31.4. The first kappa shape index (κ1) is 70.3. The number of pyridine rings is 1. The Hall–Kier alpha value is -13.1. The van der Waals surface area contributed by atoms with Crippen LogP contribution in [-0.2, 0) is 40.4 Å². The average molecular weight is 1500 g/mol. The van der Waals surface area contributed by atoms with Crippen LogP contribution in [0.5, 0.6) is 0 Å². The number of imidazole rings is 3. The highest BCUT2D eigenvalue weighted by Crippen LogP contribution is 2.34. The summed E-state index contributed by atoms with van der Waals surface area (Å²) in [6.45, 7) is 11.5. The molecule has 0 saturated heterocycles. The molecule has 0 atom stereocenters. The third kappa shape index (κ3) is 14.3. The predicted molar refractivity (Wildman–Crippen MR) is 407 cm³/mol. The molecule has 0 N–H and O–H groups in total. The summed E-state index contributed by atoms with van der Waals surface area (Å²) in [5.41, 5.74) is 19.7. The van der Waals surface area contributed by atoms with E-state index in [-0.39, 0.29) is 43.5 Å². The van der Waals surface area contributed by atoms with Crippen LogP contribution >= 0.6 is 22.6 Å². The fraction of sp³-hybridized carbons (Fsp3) is 0.145. The van der Waals surface area contributed by atoms with E-state index in [9.17, 15) is 18.8 Å². The topological polar surface area (TPSA) is 225 Å². The van der Waals surface area contributed by atoms with Crippen molar-refractivity contribution in [1.29, 1.82) is 0 Å². The van der Waals surface area contributed by atoms with Crippen LogP contribution in [0.2, 0.25) is 0 Å². The molecule has 0 radical (unpaired) electrons. The van der Waals surface area contributed by atoms with Crippen LogP contribution in [0.25, 0.3) is 22.7 Å². The molecular weight excluding hydrogens is 1430 g/mol. The molecule has 0 spiro atoms. The monoisotopic (exact) mass is 1500 g/mol. The van der Waals surface area contributed by atoms with Crippen LogP contribution < -0.4 is 0 Å². The van der Waals surface area contributed by atoms with Crippen LogP contribution in [0.1, 0.15) is 148 Å². The number of aromatic nitrogens is 10. The quantitative estimate of drug-likeness (QED) is 0.0539. The predicted octanol–water partition coefficient (Wildman–Crippen LogP) is 13.5. The molecule has 16 rings (SSSR count). The molecule has 516 valence electrons. The number of hydrogen-bond acceptors (Lipinski definition) is 16. The molecular formula is C83H64FIN14O6. The van der Waals surface area contributed by atoms with Crippen molar-refractivity contribution < 1.29 is 33.0 Å². The number of ether oxygens (including phenoxy) is 3. The van der Waals surface area contributed by atoms with E-state index in [1.54, 1.807) is 80.8 Å². The van der Waals surface area contributed by atoms with Gasteiger partial charge in [0.05, 0.1) is 108 Å². The summed E-state index contributed by atoms with van der Waals surface area (Å²) in [7, 11) is 0. The van der Waals surface area contributed by atoms with Crippen molar-refractivity contribution in [2.45, 2.75) is 60.8 Å². The Morgan fingerprint density at radius 3 is 1.41 bits per heavy atom. The van der Waals surface area contributed by atoms with Gasteiger partial charge in [-0.05, 0) is 160 Å². The Morgan fingerprint density at radius 2 is 0.895 bits per heavy atom. The fourth-order valence-corrected chi connectivity index (χ4v) is 13.1. The third-order valence-electron chi connectivity index (χ3n) is 17.4. The molecule has 7 aromatic carbocycles. The molecule has 0 amide bonds. The molecule has 0 fully saturated rings. The lowest BCUT2D eigenvalue weighted by Gasteiger charge is -2.14. The van der Waals surface area contributed by atoms with Crippen LogP contribution in [0.3, 0.4) is 0 Å². The zero-order valence-corrected chi connectivity index (χ0v) is 59.8. The average Bonchev–Trinajstić information content (AvgIpc) is 1.63. The molecule has 9 heterocycles. The number of hydrogen-bond donors (Lipinski definition) is 0. The maximum absolute atomic E-state index is 14.5. The lowest BCUT2D eigenvalue weighted by molar-refractivity contribution is 0.0509. The Balaban J connectivity index is 0.000000124. The zero-order chi connectivity index (χ0) is 73.3. The zero-order valence-electron chi connectivity index (χ0n) is 57.6. The van der Waals surface area contributed by atoms with Crippen molar-refractivity contribution in [2.75, 3.05) is 19.8 Å². The van der Waals surface area contributed by atoms with Crippen LogP contribution in [0.15, 0.2) is 215 Å². The summed E-state index contributed by atoms with van der Waals surface area (Å²) in [5, 5.41) is 8.47. The van der Waals surface area contributed by atoms with E-state index < -0.39 is 17.9 Å². The summed E-state index contributed by atoms with van der Waals surface area (Å²) in [6, 6.07) is 53.7. The second-order valence-electron chi connectivity index (χ2n) is 23.7. The Bertz CT molecular complexity index is 5670. The molecule has 20 nitrogen and oxygen atoms in total. The first-order valence-electron chi connectivity index (χ1n) is 33.4. The van der Waals surface area contributed by atoms with Gasteiger partial charge in [-0.25, -0.2) is 33.7 Å². The number of fused-ring (bicyclic) bond motifs is 12. The number of benzene rings is 7. The highest BCUT2D eigenvalue weighted by atomic mass is 127. The van der Waals surface area contributed by atoms with Crippen LogP contribution in [0.4, 0.5) is 4.39 Å². The van der Waals surface area contributed by atoms with Crippen LogP contribution in [0, 0.1) is 60.3 Å². The number of aliphatic imine (C=N–C) groups is 4. The number of rotatable bonds is 10. The largest absolute Gasteiger partial charge is 0.461 e. The van der Waals surface area contributed by atoms with Gasteiger partial charge in [0.2, 0.25) is 0 Å². The minimum absolute atomic E-state index is 0.151. The highest BCUT2D eigenvalue weighted by molar-refractivity contribution is 14.1. The molecule has 4 aliphatic heterocycles. The normalized spacial score (nSPS) is 12.4. The van der Waals surface area contributed by atoms with Gasteiger partial charge in [-0.2, -0.15) is 0 Å². The summed E-state index contributed by atoms with van der Waals surface area (Å²) in [5.74, 6) is 7.91. The maximum atomic E-state index is 14.5. The van der Waals surface area contributed by atoms with E-state index in [1.165, 1.54) is 11.6 Å². The van der Waals surface area contributed by atoms with Crippen molar-refractivity contribution in [2.24, 2.45) is 20.0 Å². The van der Waals surface area contributed by atoms with E-state index in [1.807, 2.05) is 131 Å². The van der Waals surface area contributed by atoms with Crippen molar-refractivity contribution in [1.82, 2.24) is 48.4 Å². The second-order valence-corrected chi connectivity index (χ2v) is 25.0. The van der Waals surface area contributed by atoms with Gasteiger partial charge in [-0.3, -0.25) is 43.2 Å². The fourth-order valence-electron chi connectivity index (χ4n) is 12.6. The van der Waals surface area contributed by atoms with E-state index in [2.05, 4.69) is 105 Å². The molecule has 4 aliphatic rings. The van der Waals surface area contributed by atoms with Gasteiger partial charge >= 0.3 is 17.9 Å². The lowest BCUT2D eigenvalue weighted by atomic mass is 9.95. The molecule has 0 aliphatic carbocycles. The smallest absolute Gasteiger partial charge is 0.358 e. The van der Waals surface area contributed by atoms with Gasteiger partial charge in [0, 0.05) is 65.4 Å². The summed E-state index contributed by atoms with van der Waals surface area (Å²) < 4.78 is 38.7. The van der Waals surface area contributed by atoms with Gasteiger partial charge in [0.25, 0.3) is 0 Å². The molecule has 0 unspecified atom stereocenters. The van der Waals surface area contributed by atoms with Gasteiger partial charge in [0.1, 0.15) is 37.2 Å². The van der Waals surface area contributed by atoms with E-state index in [4.69, 9.17) is 48.5 Å². The van der Waals surface area contributed by atoms with E-state index in [0.29, 0.717) is 59.2 Å². The van der Waals surface area contributed by atoms with Crippen molar-refractivity contribution in [3.8, 4) is 59.8 Å². The Labute approximate surface area is 618 Å². The number of aryl methyl sites for hydroxylation is 2. The molecule has 0 bridgehead atoms. The number of carbonyl (C=O) groups is 3. The minimum atomic E-state index is -0.511. The van der Waals surface area contributed by atoms with Gasteiger partial charge in [-0.1, -0.05) is 90.6 Å². The van der Waals surface area contributed by atoms with Gasteiger partial charge in [-0.15, -0.1) is 29.5 Å². The Morgan fingerprint density at radius 1 is 0.457 bits per heavy atom. The summed E-state index contributed by atoms with van der Waals surface area (Å²) in [4.78, 5) is 73.1. The number of esters is 3. The van der Waals surface area contributed by atoms with Crippen LogP contribution in [-0.4, -0.2) is 109 Å². The molecule has 0 saturated carbocycles. The number of terminal acetylenes is 3. The summed E-state index contributed by atoms with van der Waals surface area (Å²) >= 11 is 2.30. The van der Waals surface area contributed by atoms with Gasteiger partial charge in [0.15, 0.2) is 22.9 Å². The Kier molecular flexibility index (Phi) is 21.0. The number of nitrogens with zero attached hydrogens (tertiary/aromatic N) is 14. The van der Waals surface area contributed by atoms with Crippen molar-refractivity contribution >= 4 is 63.3 Å². The SMILES string of the molecule is C#Cc1ccc2c(c1)C(c1ccccc1C)=NCc1nnc(C)n1-2.C#Cc1ccc2c(c1)C(c1ccccc1F)=NCc1c(C(=O)OCC)ncn1-2.C#Cc1ccc2c(c1)C(c1ccccn1)=NCc1c(C(=O)OCC)ncn1-2.CCOC(=O)c1ncn2c1CN=C(c1ccccc1)c1cc(I)ccc1-2. The van der Waals surface area contributed by atoms with E-state index >= 15 is 0 Å². The number of halogens is 2. The standard InChI is InChI=1S/C22H16FN3O2.C21H16N4O2.C20H16IN3O2.C20H16N4/c1-3-14-9-10-18-16(11-14)20(15-7-5-6-8-17(15)23)24-12-19-21(22(27)28-4-2)25-13-26(18)19;1-3-14-8-9-17-15(11-14)19(16-7-5-6-10-22-16)23-12-18-20(21(26)27-4-2)24-13-25(17)18;1-2-26-20(25)19-17-11-22-18(13-6-4-3-5-7-13)15-10-14(21)8-9-16(15)24(17)12-23-19;1-4-15-9-10-18-17(11-15)20(16-8-6-5-7-13(16)2)21-12-19-23-22-14(3)24(18)19/h1,5-11,13H,4,12H2,2H3;1,5-11,13H,4,12H2,2H3;3-10,12H,2,11H2,1H3;1,5-11H,12H2,2-3H3. The molecule has 12 aromatic rings. The minimum Gasteiger partial charge on any atom is -0.461 e. The maximum Gasteiger partial charge on any atom is 0.358 e. The number of carbonyl (C=O) groups excluding carboxylic acids is 3.